The highest BCUT2D eigenvalue weighted by Crippen LogP contribution is 2.29. The number of cyclic esters (lactones) is 1. The summed E-state index contributed by atoms with van der Waals surface area (Å²) in [6.07, 6.45) is 0.108. The number of carbonyl (C=O) groups is 2. The summed E-state index contributed by atoms with van der Waals surface area (Å²) in [5, 5.41) is 2.59. The first-order valence-corrected chi connectivity index (χ1v) is 5.79. The maximum absolute atomic E-state index is 11.5. The normalized spacial score (nSPS) is 23.1. The van der Waals surface area contributed by atoms with Gasteiger partial charge in [-0.05, 0) is 34.6 Å². The molecular weight excluding hydrogens is 222 g/mol. The molecule has 5 heteroatoms. The Morgan fingerprint density at radius 1 is 1.53 bits per heavy atom. The van der Waals surface area contributed by atoms with E-state index < -0.39 is 17.3 Å². The zero-order valence-corrected chi connectivity index (χ0v) is 11.1. The molecule has 1 saturated heterocycles. The molecule has 1 amide bonds. The molecule has 17 heavy (non-hydrogen) atoms. The van der Waals surface area contributed by atoms with Gasteiger partial charge in [0.2, 0.25) is 0 Å². The molecule has 1 N–H and O–H groups in total. The summed E-state index contributed by atoms with van der Waals surface area (Å²) in [5.41, 5.74) is -0.961. The molecule has 1 aliphatic rings. The molecule has 1 fully saturated rings. The summed E-state index contributed by atoms with van der Waals surface area (Å²) in [6.45, 7) is 9.35. The van der Waals surface area contributed by atoms with E-state index in [0.29, 0.717) is 6.42 Å². The molecule has 1 aliphatic heterocycles. The molecule has 0 aliphatic carbocycles. The summed E-state index contributed by atoms with van der Waals surface area (Å²) in [7, 11) is 0. The number of alkyl carbamates (subject to hydrolysis) is 1. The second-order valence-electron chi connectivity index (χ2n) is 5.96. The molecule has 1 atom stereocenters. The fourth-order valence-corrected chi connectivity index (χ4v) is 1.75. The molecule has 0 spiro atoms. The fraction of sp³-hybridized carbons (Fsp3) is 0.833. The smallest absolute Gasteiger partial charge is 0.407 e. The largest absolute Gasteiger partial charge is 0.459 e. The summed E-state index contributed by atoms with van der Waals surface area (Å²) < 4.78 is 10.2. The number of nitrogens with one attached hydrogen (secondary N) is 1. The lowest BCUT2D eigenvalue weighted by molar-refractivity contribution is -0.148. The zero-order valence-electron chi connectivity index (χ0n) is 11.1. The third kappa shape index (κ3) is 4.63. The first kappa shape index (κ1) is 13.8. The number of ether oxygens (including phenoxy) is 2. The quantitative estimate of drug-likeness (QED) is 0.752. The van der Waals surface area contributed by atoms with Gasteiger partial charge in [-0.2, -0.15) is 0 Å². The van der Waals surface area contributed by atoms with E-state index in [1.54, 1.807) is 20.8 Å². The van der Waals surface area contributed by atoms with E-state index in [4.69, 9.17) is 9.47 Å². The van der Waals surface area contributed by atoms with Crippen LogP contribution in [0.1, 0.15) is 41.0 Å². The maximum atomic E-state index is 11.5. The first-order chi connectivity index (χ1) is 7.59. The van der Waals surface area contributed by atoms with Crippen molar-refractivity contribution in [3.05, 3.63) is 0 Å². The Morgan fingerprint density at radius 3 is 2.53 bits per heavy atom. The van der Waals surface area contributed by atoms with Crippen LogP contribution in [0.4, 0.5) is 4.79 Å². The highest BCUT2D eigenvalue weighted by Gasteiger charge is 2.40. The van der Waals surface area contributed by atoms with Crippen LogP contribution in [0.3, 0.4) is 0 Å². The van der Waals surface area contributed by atoms with Gasteiger partial charge in [0.15, 0.2) is 0 Å². The Kier molecular flexibility index (Phi) is 3.69. The fourth-order valence-electron chi connectivity index (χ4n) is 1.75. The summed E-state index contributed by atoms with van der Waals surface area (Å²) in [4.78, 5) is 22.9. The van der Waals surface area contributed by atoms with Crippen LogP contribution in [-0.4, -0.2) is 29.8 Å². The van der Waals surface area contributed by atoms with Crippen LogP contribution < -0.4 is 5.32 Å². The summed E-state index contributed by atoms with van der Waals surface area (Å²) >= 11 is 0. The van der Waals surface area contributed by atoms with Crippen molar-refractivity contribution >= 4 is 12.1 Å². The highest BCUT2D eigenvalue weighted by molar-refractivity contribution is 5.76. The van der Waals surface area contributed by atoms with E-state index in [2.05, 4.69) is 5.32 Å². The van der Waals surface area contributed by atoms with Crippen LogP contribution in [0.15, 0.2) is 0 Å². The van der Waals surface area contributed by atoms with E-state index >= 15 is 0 Å². The van der Waals surface area contributed by atoms with Crippen molar-refractivity contribution < 1.29 is 19.1 Å². The summed E-state index contributed by atoms with van der Waals surface area (Å²) in [6, 6.07) is 0. The van der Waals surface area contributed by atoms with E-state index in [0.717, 1.165) is 0 Å². The Hall–Kier alpha value is -1.26. The Morgan fingerprint density at radius 2 is 2.12 bits per heavy atom. The van der Waals surface area contributed by atoms with Crippen molar-refractivity contribution in [3.8, 4) is 0 Å². The van der Waals surface area contributed by atoms with E-state index in [-0.39, 0.29) is 18.4 Å². The average Bonchev–Trinajstić information content (AvgIpc) is 2.33. The van der Waals surface area contributed by atoms with Gasteiger partial charge in [0, 0.05) is 13.0 Å². The lowest BCUT2D eigenvalue weighted by atomic mass is 9.98. The molecule has 0 aromatic rings. The minimum absolute atomic E-state index is 0.258. The first-order valence-electron chi connectivity index (χ1n) is 5.79. The Bertz CT molecular complexity index is 317. The molecule has 0 aromatic heterocycles. The predicted octanol–water partition coefficient (Wildman–Crippen LogP) is 1.85. The van der Waals surface area contributed by atoms with Crippen LogP contribution in [-0.2, 0) is 14.3 Å². The van der Waals surface area contributed by atoms with Crippen LogP contribution in [0.25, 0.3) is 0 Å². The van der Waals surface area contributed by atoms with Gasteiger partial charge in [-0.25, -0.2) is 4.79 Å². The van der Waals surface area contributed by atoms with Gasteiger partial charge >= 0.3 is 12.1 Å². The Balaban J connectivity index is 2.37. The molecule has 1 rings (SSSR count). The second-order valence-corrected chi connectivity index (χ2v) is 5.96. The van der Waals surface area contributed by atoms with Gasteiger partial charge in [-0.1, -0.05) is 0 Å². The number of carbonyl (C=O) groups excluding carboxylic acids is 2. The molecule has 98 valence electrons. The number of amides is 1. The van der Waals surface area contributed by atoms with Gasteiger partial charge in [0.05, 0.1) is 5.92 Å². The van der Waals surface area contributed by atoms with Crippen molar-refractivity contribution in [3.63, 3.8) is 0 Å². The minimum Gasteiger partial charge on any atom is -0.459 e. The van der Waals surface area contributed by atoms with E-state index in [9.17, 15) is 9.59 Å². The monoisotopic (exact) mass is 243 g/mol. The predicted molar refractivity (Wildman–Crippen MR) is 62.5 cm³/mol. The zero-order chi connectivity index (χ0) is 13.3. The summed E-state index contributed by atoms with van der Waals surface area (Å²) in [5.74, 6) is -0.538. The molecule has 0 aromatic carbocycles. The van der Waals surface area contributed by atoms with Crippen molar-refractivity contribution in [2.75, 3.05) is 6.54 Å². The number of esters is 1. The maximum Gasteiger partial charge on any atom is 0.407 e. The number of rotatable bonds is 2. The van der Waals surface area contributed by atoms with Gasteiger partial charge in [0.25, 0.3) is 0 Å². The second kappa shape index (κ2) is 4.55. The lowest BCUT2D eigenvalue weighted by Gasteiger charge is -2.20. The molecule has 0 radical (unpaired) electrons. The molecular formula is C12H21NO4. The van der Waals surface area contributed by atoms with Crippen LogP contribution in [0.2, 0.25) is 0 Å². The molecule has 1 unspecified atom stereocenters. The van der Waals surface area contributed by atoms with Crippen LogP contribution >= 0.6 is 0 Å². The highest BCUT2D eigenvalue weighted by atomic mass is 16.6. The van der Waals surface area contributed by atoms with Gasteiger partial charge in [-0.3, -0.25) is 4.79 Å². The van der Waals surface area contributed by atoms with Crippen LogP contribution in [0, 0.1) is 5.92 Å². The third-order valence-corrected chi connectivity index (χ3v) is 2.34. The van der Waals surface area contributed by atoms with Crippen molar-refractivity contribution in [1.29, 1.82) is 0 Å². The molecule has 5 nitrogen and oxygen atoms in total. The van der Waals surface area contributed by atoms with Crippen molar-refractivity contribution in [2.24, 2.45) is 5.92 Å². The van der Waals surface area contributed by atoms with Crippen LogP contribution in [0.5, 0.6) is 0 Å². The number of hydrogen-bond acceptors (Lipinski definition) is 4. The SMILES string of the molecule is CC(C)(C)OC(=O)NCC1CC(C)(C)OC1=O. The minimum atomic E-state index is -0.528. The Labute approximate surface area is 102 Å². The topological polar surface area (TPSA) is 64.6 Å². The molecule has 1 heterocycles. The van der Waals surface area contributed by atoms with Gasteiger partial charge < -0.3 is 14.8 Å². The lowest BCUT2D eigenvalue weighted by Crippen LogP contribution is -2.36. The van der Waals surface area contributed by atoms with Crippen molar-refractivity contribution in [2.45, 2.75) is 52.2 Å². The van der Waals surface area contributed by atoms with E-state index in [1.807, 2.05) is 13.8 Å². The molecule has 0 bridgehead atoms. The average molecular weight is 243 g/mol. The van der Waals surface area contributed by atoms with Crippen molar-refractivity contribution in [1.82, 2.24) is 5.32 Å². The molecule has 0 saturated carbocycles. The number of hydrogen-bond donors (Lipinski definition) is 1. The van der Waals surface area contributed by atoms with Gasteiger partial charge in [0.1, 0.15) is 11.2 Å². The third-order valence-electron chi connectivity index (χ3n) is 2.34. The van der Waals surface area contributed by atoms with Gasteiger partial charge in [-0.15, -0.1) is 0 Å². The van der Waals surface area contributed by atoms with E-state index in [1.165, 1.54) is 0 Å². The standard InChI is InChI=1S/C12H21NO4/c1-11(2,3)17-10(15)13-7-8-6-12(4,5)16-9(8)14/h8H,6-7H2,1-5H3,(H,13,15).